The smallest absolute Gasteiger partial charge is 0.462 e. The minimum atomic E-state index is -4.99. The van der Waals surface area contributed by atoms with Crippen LogP contribution in [0.25, 0.3) is 0 Å². The average molecular weight is 1510 g/mol. The lowest BCUT2D eigenvalue weighted by Gasteiger charge is -2.21. The maximum absolute atomic E-state index is 13.1. The second kappa shape index (κ2) is 77.1. The van der Waals surface area contributed by atoms with Gasteiger partial charge in [-0.15, -0.1) is 0 Å². The molecule has 5 atom stereocenters. The van der Waals surface area contributed by atoms with E-state index >= 15 is 0 Å². The van der Waals surface area contributed by atoms with Gasteiger partial charge in [0.2, 0.25) is 0 Å². The maximum Gasteiger partial charge on any atom is 0.472 e. The fraction of sp³-hybridized carbons (Fsp3) is 0.765. The molecule has 0 heterocycles. The lowest BCUT2D eigenvalue weighted by molar-refractivity contribution is -0.161. The van der Waals surface area contributed by atoms with Gasteiger partial charge in [0.15, 0.2) is 12.2 Å². The van der Waals surface area contributed by atoms with E-state index < -0.39 is 97.5 Å². The van der Waals surface area contributed by atoms with Gasteiger partial charge in [0, 0.05) is 25.7 Å². The van der Waals surface area contributed by atoms with E-state index in [0.717, 1.165) is 161 Å². The van der Waals surface area contributed by atoms with E-state index in [1.54, 1.807) is 0 Å². The van der Waals surface area contributed by atoms with Crippen LogP contribution in [0.2, 0.25) is 0 Å². The van der Waals surface area contributed by atoms with E-state index in [1.165, 1.54) is 122 Å². The van der Waals surface area contributed by atoms with E-state index in [9.17, 15) is 43.2 Å². The van der Waals surface area contributed by atoms with Crippen molar-refractivity contribution in [3.63, 3.8) is 0 Å². The first-order chi connectivity index (χ1) is 50.7. The van der Waals surface area contributed by atoms with Crippen molar-refractivity contribution in [3.05, 3.63) is 97.2 Å². The summed E-state index contributed by atoms with van der Waals surface area (Å²) in [5, 5.41) is 10.7. The van der Waals surface area contributed by atoms with Gasteiger partial charge in [-0.05, 0) is 128 Å². The van der Waals surface area contributed by atoms with Crippen molar-refractivity contribution in [2.24, 2.45) is 0 Å². The number of allylic oxidation sites excluding steroid dienone is 16. The summed E-state index contributed by atoms with van der Waals surface area (Å²) in [4.78, 5) is 73.1. The number of hydrogen-bond donors (Lipinski definition) is 3. The van der Waals surface area contributed by atoms with E-state index in [1.807, 2.05) is 0 Å². The van der Waals surface area contributed by atoms with Crippen LogP contribution in [-0.4, -0.2) is 96.7 Å². The van der Waals surface area contributed by atoms with Crippen LogP contribution >= 0.6 is 15.6 Å². The van der Waals surface area contributed by atoms with Gasteiger partial charge in [-0.1, -0.05) is 305 Å². The number of unbranched alkanes of at least 4 members (excludes halogenated alkanes) is 36. The molecule has 0 aromatic carbocycles. The quantitative estimate of drug-likeness (QED) is 0.0169. The largest absolute Gasteiger partial charge is 0.472 e. The maximum atomic E-state index is 13.1. The van der Waals surface area contributed by atoms with E-state index in [2.05, 4.69) is 125 Å². The zero-order valence-corrected chi connectivity index (χ0v) is 67.7. The summed E-state index contributed by atoms with van der Waals surface area (Å²) < 4.78 is 68.7. The summed E-state index contributed by atoms with van der Waals surface area (Å²) in [6, 6.07) is 0. The van der Waals surface area contributed by atoms with Crippen LogP contribution in [0.5, 0.6) is 0 Å². The Kier molecular flexibility index (Phi) is 74.2. The molecule has 0 rings (SSSR count). The summed E-state index contributed by atoms with van der Waals surface area (Å²) in [6.45, 7) is 4.72. The molecule has 0 aliphatic heterocycles. The minimum absolute atomic E-state index is 0.0766. The molecule has 0 aliphatic rings. The molecule has 0 saturated heterocycles. The van der Waals surface area contributed by atoms with Crippen LogP contribution in [0.15, 0.2) is 97.2 Å². The molecule has 104 heavy (non-hydrogen) atoms. The second-order valence-electron chi connectivity index (χ2n) is 27.7. The lowest BCUT2D eigenvalue weighted by atomic mass is 10.0. The summed E-state index contributed by atoms with van der Waals surface area (Å²) in [7, 11) is -9.97. The lowest BCUT2D eigenvalue weighted by Crippen LogP contribution is -2.30. The molecular weight excluding hydrogens is 1350 g/mol. The fourth-order valence-electron chi connectivity index (χ4n) is 11.2. The van der Waals surface area contributed by atoms with Gasteiger partial charge >= 0.3 is 39.5 Å². The number of carbonyl (C=O) groups is 4. The Bertz CT molecular complexity index is 2350. The monoisotopic (exact) mass is 1510 g/mol. The molecule has 0 fully saturated rings. The predicted octanol–water partition coefficient (Wildman–Crippen LogP) is 24.3. The minimum Gasteiger partial charge on any atom is -0.462 e. The molecule has 19 heteroatoms. The molecule has 0 bridgehead atoms. The third-order valence-corrected chi connectivity index (χ3v) is 19.4. The Balaban J connectivity index is 5.38. The average Bonchev–Trinajstić information content (AvgIpc) is 0.912. The van der Waals surface area contributed by atoms with Gasteiger partial charge in [0.1, 0.15) is 19.3 Å². The highest BCUT2D eigenvalue weighted by Gasteiger charge is 2.30. The van der Waals surface area contributed by atoms with Crippen LogP contribution in [0.3, 0.4) is 0 Å². The SMILES string of the molecule is CC/C=C\C/C=C\C/C=C\C/C=C\CCCCC(=O)OCC(COP(=O)(O)OCC(O)COP(=O)(O)OCC(COC(=O)CCCCCCCC/C=C\C/C=C\C/C=C\CCCCC)OC(=O)CCCCCCCCCCCCCCCCC)OC(=O)CCCCCCC/C=C\CCCCCCCC. The number of ether oxygens (including phenoxy) is 4. The second-order valence-corrected chi connectivity index (χ2v) is 30.6. The van der Waals surface area contributed by atoms with Crippen LogP contribution in [0, 0.1) is 0 Å². The highest BCUT2D eigenvalue weighted by molar-refractivity contribution is 7.47. The summed E-state index contributed by atoms with van der Waals surface area (Å²) in [5.74, 6) is -2.22. The molecule has 0 aromatic heterocycles. The van der Waals surface area contributed by atoms with Crippen molar-refractivity contribution in [2.45, 2.75) is 380 Å². The van der Waals surface area contributed by atoms with E-state index in [4.69, 9.17) is 37.0 Å². The number of phosphoric acid groups is 2. The van der Waals surface area contributed by atoms with Crippen molar-refractivity contribution < 1.29 is 80.2 Å². The third kappa shape index (κ3) is 76.2. The van der Waals surface area contributed by atoms with Gasteiger partial charge in [-0.25, -0.2) is 9.13 Å². The third-order valence-electron chi connectivity index (χ3n) is 17.5. The first-order valence-corrected chi connectivity index (χ1v) is 44.5. The van der Waals surface area contributed by atoms with Gasteiger partial charge in [-0.2, -0.15) is 0 Å². The van der Waals surface area contributed by atoms with Crippen LogP contribution in [0.4, 0.5) is 0 Å². The van der Waals surface area contributed by atoms with Gasteiger partial charge in [-0.3, -0.25) is 37.3 Å². The Labute approximate surface area is 633 Å². The van der Waals surface area contributed by atoms with Crippen molar-refractivity contribution in [1.29, 1.82) is 0 Å². The normalized spacial score (nSPS) is 14.3. The van der Waals surface area contributed by atoms with Gasteiger partial charge in [0.05, 0.1) is 26.4 Å². The zero-order valence-electron chi connectivity index (χ0n) is 65.9. The summed E-state index contributed by atoms with van der Waals surface area (Å²) in [5.41, 5.74) is 0. The number of esters is 4. The van der Waals surface area contributed by atoms with Crippen LogP contribution in [-0.2, 0) is 65.4 Å². The Hall–Kier alpha value is -4.02. The highest BCUT2D eigenvalue weighted by atomic mass is 31.2. The van der Waals surface area contributed by atoms with Crippen LogP contribution < -0.4 is 0 Å². The summed E-state index contributed by atoms with van der Waals surface area (Å²) in [6.07, 6.45) is 82.3. The Morgan fingerprint density at radius 1 is 0.279 bits per heavy atom. The molecule has 3 N–H and O–H groups in total. The standard InChI is InChI=1S/C85H150O17P2/c1-5-9-13-17-21-25-29-33-37-38-39-40-44-46-50-54-58-62-66-70-83(88)96-76-81(102-85(90)72-68-64-60-56-52-48-43-36-32-28-24-20-16-12-8-4)78-100-104(93,94)98-74-79(86)73-97-103(91,92)99-77-80(101-84(89)71-67-63-59-55-51-47-42-35-31-27-23-19-15-11-7-3)75-95-82(87)69-65-61-57-53-49-45-41-34-30-26-22-18-14-10-6-2/h10,14,21-22,25-26,33-35,37,39-42,49,53,79-81,86H,5-9,11-13,15-20,23-24,27-32,36,38,43-48,50-52,54-78H2,1-4H3,(H,91,92)(H,93,94)/b14-10-,25-21-,26-22-,37-33-,40-39-,41-34-,42-35-,53-49-. The van der Waals surface area contributed by atoms with Gasteiger partial charge in [0.25, 0.3) is 0 Å². The topological polar surface area (TPSA) is 237 Å². The van der Waals surface area contributed by atoms with Crippen molar-refractivity contribution in [2.75, 3.05) is 39.6 Å². The van der Waals surface area contributed by atoms with Gasteiger partial charge < -0.3 is 33.8 Å². The number of rotatable bonds is 78. The number of carbonyl (C=O) groups excluding carboxylic acids is 4. The fourth-order valence-corrected chi connectivity index (χ4v) is 12.8. The van der Waals surface area contributed by atoms with Crippen LogP contribution in [0.1, 0.15) is 362 Å². The molecule has 0 amide bonds. The Morgan fingerprint density at radius 3 is 0.817 bits per heavy atom. The van der Waals surface area contributed by atoms with Crippen molar-refractivity contribution in [3.8, 4) is 0 Å². The van der Waals surface area contributed by atoms with E-state index in [-0.39, 0.29) is 25.7 Å². The van der Waals surface area contributed by atoms with Crippen molar-refractivity contribution >= 4 is 39.5 Å². The Morgan fingerprint density at radius 2 is 0.500 bits per heavy atom. The van der Waals surface area contributed by atoms with Crippen molar-refractivity contribution in [1.82, 2.24) is 0 Å². The molecule has 5 unspecified atom stereocenters. The molecule has 0 radical (unpaired) electrons. The predicted molar refractivity (Wildman–Crippen MR) is 427 cm³/mol. The van der Waals surface area contributed by atoms with E-state index in [0.29, 0.717) is 25.7 Å². The number of aliphatic hydroxyl groups excluding tert-OH is 1. The molecular formula is C85H150O17P2. The first kappa shape index (κ1) is 100.0. The molecule has 0 spiro atoms. The first-order valence-electron chi connectivity index (χ1n) is 41.5. The zero-order chi connectivity index (χ0) is 76.0. The molecule has 602 valence electrons. The number of aliphatic hydroxyl groups is 1. The highest BCUT2D eigenvalue weighted by Crippen LogP contribution is 2.45. The molecule has 0 aromatic rings. The molecule has 0 aliphatic carbocycles. The molecule has 17 nitrogen and oxygen atoms in total. The summed E-state index contributed by atoms with van der Waals surface area (Å²) >= 11 is 0. The number of phosphoric ester groups is 2. The molecule has 0 saturated carbocycles. The number of hydrogen-bond acceptors (Lipinski definition) is 15.